The molecule has 0 saturated heterocycles. The van der Waals surface area contributed by atoms with Crippen LogP contribution in [0.4, 0.5) is 0 Å². The van der Waals surface area contributed by atoms with Crippen LogP contribution < -0.4 is 0 Å². The molecule has 0 aliphatic rings. The number of rotatable bonds is 3. The van der Waals surface area contributed by atoms with Crippen LogP contribution in [-0.4, -0.2) is 26.3 Å². The number of aromatic nitrogens is 3. The van der Waals surface area contributed by atoms with Crippen LogP contribution in [0.25, 0.3) is 22.5 Å². The van der Waals surface area contributed by atoms with E-state index in [9.17, 15) is 4.79 Å². The van der Waals surface area contributed by atoms with Crippen LogP contribution >= 0.6 is 0 Å². The first kappa shape index (κ1) is 12.1. The van der Waals surface area contributed by atoms with Gasteiger partial charge in [-0.3, -0.25) is 10.1 Å². The number of benzene rings is 1. The van der Waals surface area contributed by atoms with Crippen molar-refractivity contribution in [3.05, 3.63) is 60.4 Å². The zero-order valence-electron chi connectivity index (χ0n) is 10.4. The Morgan fingerprint density at radius 2 is 1.95 bits per heavy atom. The Balaban J connectivity index is 1.98. The summed E-state index contributed by atoms with van der Waals surface area (Å²) in [6, 6.07) is 13.0. The van der Waals surface area contributed by atoms with E-state index in [4.69, 9.17) is 5.11 Å². The third-order valence-electron chi connectivity index (χ3n) is 2.98. The number of hydrogen-bond donors (Lipinski definition) is 2. The third-order valence-corrected chi connectivity index (χ3v) is 2.98. The number of carbonyl (C=O) groups is 1. The predicted molar refractivity (Wildman–Crippen MR) is 74.2 cm³/mol. The van der Waals surface area contributed by atoms with Crippen molar-refractivity contribution < 1.29 is 9.90 Å². The maximum absolute atomic E-state index is 10.8. The second kappa shape index (κ2) is 4.97. The molecule has 0 spiro atoms. The van der Waals surface area contributed by atoms with E-state index in [-0.39, 0.29) is 5.56 Å². The molecule has 0 unspecified atom stereocenters. The second-order valence-corrected chi connectivity index (χ2v) is 4.29. The van der Waals surface area contributed by atoms with Crippen molar-refractivity contribution >= 4 is 5.97 Å². The standard InChI is InChI=1S/C15H11N3O2/c19-15(20)12-4-5-13(16-9-12)10-2-1-3-11(8-10)14-6-7-17-18-14/h1-9H,(H,17,18)(H,19,20). The van der Waals surface area contributed by atoms with Gasteiger partial charge in [-0.05, 0) is 24.3 Å². The van der Waals surface area contributed by atoms with Crippen LogP contribution in [0.5, 0.6) is 0 Å². The van der Waals surface area contributed by atoms with Crippen molar-refractivity contribution in [2.45, 2.75) is 0 Å². The van der Waals surface area contributed by atoms with Crippen molar-refractivity contribution in [1.29, 1.82) is 0 Å². The van der Waals surface area contributed by atoms with E-state index in [2.05, 4.69) is 15.2 Å². The summed E-state index contributed by atoms with van der Waals surface area (Å²) in [5.41, 5.74) is 3.77. The van der Waals surface area contributed by atoms with Gasteiger partial charge in [-0.25, -0.2) is 4.79 Å². The summed E-state index contributed by atoms with van der Waals surface area (Å²) >= 11 is 0. The van der Waals surface area contributed by atoms with E-state index in [1.165, 1.54) is 6.20 Å². The van der Waals surface area contributed by atoms with Crippen LogP contribution in [0, 0.1) is 0 Å². The minimum Gasteiger partial charge on any atom is -0.478 e. The lowest BCUT2D eigenvalue weighted by atomic mass is 10.1. The second-order valence-electron chi connectivity index (χ2n) is 4.29. The van der Waals surface area contributed by atoms with Crippen LogP contribution in [0.3, 0.4) is 0 Å². The van der Waals surface area contributed by atoms with E-state index >= 15 is 0 Å². The molecule has 0 fully saturated rings. The van der Waals surface area contributed by atoms with Crippen molar-refractivity contribution in [2.75, 3.05) is 0 Å². The molecular formula is C15H11N3O2. The van der Waals surface area contributed by atoms with E-state index < -0.39 is 5.97 Å². The van der Waals surface area contributed by atoms with Gasteiger partial charge in [0.15, 0.2) is 0 Å². The first-order chi connectivity index (χ1) is 9.74. The van der Waals surface area contributed by atoms with Crippen molar-refractivity contribution in [3.8, 4) is 22.5 Å². The highest BCUT2D eigenvalue weighted by atomic mass is 16.4. The van der Waals surface area contributed by atoms with Crippen molar-refractivity contribution in [3.63, 3.8) is 0 Å². The zero-order valence-corrected chi connectivity index (χ0v) is 10.4. The summed E-state index contributed by atoms with van der Waals surface area (Å²) in [6.45, 7) is 0. The van der Waals surface area contributed by atoms with Gasteiger partial charge in [0, 0.05) is 23.5 Å². The van der Waals surface area contributed by atoms with Gasteiger partial charge in [-0.15, -0.1) is 0 Å². The molecule has 3 aromatic rings. The van der Waals surface area contributed by atoms with E-state index in [1.807, 2.05) is 30.3 Å². The van der Waals surface area contributed by atoms with Gasteiger partial charge in [0.05, 0.1) is 17.0 Å². The molecule has 2 heterocycles. The monoisotopic (exact) mass is 265 g/mol. The SMILES string of the molecule is O=C(O)c1ccc(-c2cccc(-c3ccn[nH]3)c2)nc1. The summed E-state index contributed by atoms with van der Waals surface area (Å²) < 4.78 is 0. The number of hydrogen-bond acceptors (Lipinski definition) is 3. The molecule has 20 heavy (non-hydrogen) atoms. The predicted octanol–water partition coefficient (Wildman–Crippen LogP) is 2.84. The lowest BCUT2D eigenvalue weighted by molar-refractivity contribution is 0.0696. The Kier molecular flexibility index (Phi) is 3.01. The fourth-order valence-electron chi connectivity index (χ4n) is 1.95. The molecule has 0 saturated carbocycles. The number of nitrogens with zero attached hydrogens (tertiary/aromatic N) is 2. The summed E-state index contributed by atoms with van der Waals surface area (Å²) in [6.07, 6.45) is 3.06. The van der Waals surface area contributed by atoms with Gasteiger partial charge in [-0.1, -0.05) is 18.2 Å². The van der Waals surface area contributed by atoms with Gasteiger partial charge < -0.3 is 5.11 Å². The number of aromatic amines is 1. The first-order valence-electron chi connectivity index (χ1n) is 6.03. The molecule has 0 radical (unpaired) electrons. The topological polar surface area (TPSA) is 78.9 Å². The lowest BCUT2D eigenvalue weighted by Gasteiger charge is -2.04. The molecule has 98 valence electrons. The molecule has 0 bridgehead atoms. The molecule has 5 heteroatoms. The Hall–Kier alpha value is -2.95. The normalized spacial score (nSPS) is 10.4. The van der Waals surface area contributed by atoms with Gasteiger partial charge in [0.1, 0.15) is 0 Å². The van der Waals surface area contributed by atoms with Crippen LogP contribution in [-0.2, 0) is 0 Å². The summed E-state index contributed by atoms with van der Waals surface area (Å²) in [5, 5.41) is 15.7. The number of carboxylic acids is 1. The Labute approximate surface area is 114 Å². The largest absolute Gasteiger partial charge is 0.478 e. The number of H-pyrrole nitrogens is 1. The molecule has 2 N–H and O–H groups in total. The molecular weight excluding hydrogens is 254 g/mol. The van der Waals surface area contributed by atoms with E-state index in [0.717, 1.165) is 22.5 Å². The maximum atomic E-state index is 10.8. The first-order valence-corrected chi connectivity index (χ1v) is 6.03. The minimum absolute atomic E-state index is 0.179. The quantitative estimate of drug-likeness (QED) is 0.763. The Morgan fingerprint density at radius 3 is 2.60 bits per heavy atom. The fourth-order valence-corrected chi connectivity index (χ4v) is 1.95. The van der Waals surface area contributed by atoms with Crippen LogP contribution in [0.1, 0.15) is 10.4 Å². The van der Waals surface area contributed by atoms with Gasteiger partial charge in [0.2, 0.25) is 0 Å². The average Bonchev–Trinajstić information content (AvgIpc) is 3.02. The third kappa shape index (κ3) is 2.29. The molecule has 0 aliphatic carbocycles. The Morgan fingerprint density at radius 1 is 1.10 bits per heavy atom. The average molecular weight is 265 g/mol. The molecule has 0 atom stereocenters. The van der Waals surface area contributed by atoms with Gasteiger partial charge in [0.25, 0.3) is 0 Å². The fraction of sp³-hybridized carbons (Fsp3) is 0. The molecule has 1 aromatic carbocycles. The van der Waals surface area contributed by atoms with Crippen LogP contribution in [0.2, 0.25) is 0 Å². The van der Waals surface area contributed by atoms with Crippen molar-refractivity contribution in [2.24, 2.45) is 0 Å². The van der Waals surface area contributed by atoms with E-state index in [0.29, 0.717) is 0 Å². The van der Waals surface area contributed by atoms with E-state index in [1.54, 1.807) is 18.3 Å². The van der Waals surface area contributed by atoms with Crippen LogP contribution in [0.15, 0.2) is 54.9 Å². The summed E-state index contributed by atoms with van der Waals surface area (Å²) in [5.74, 6) is -0.977. The highest BCUT2D eigenvalue weighted by Gasteiger charge is 2.06. The summed E-state index contributed by atoms with van der Waals surface area (Å²) in [4.78, 5) is 15.0. The molecule has 5 nitrogen and oxygen atoms in total. The zero-order chi connectivity index (χ0) is 13.9. The lowest BCUT2D eigenvalue weighted by Crippen LogP contribution is -1.97. The number of carboxylic acid groups (broad SMARTS) is 1. The Bertz CT molecular complexity index is 734. The number of nitrogens with one attached hydrogen (secondary N) is 1. The molecule has 0 amide bonds. The summed E-state index contributed by atoms with van der Waals surface area (Å²) in [7, 11) is 0. The molecule has 2 aromatic heterocycles. The smallest absolute Gasteiger partial charge is 0.337 e. The number of pyridine rings is 1. The van der Waals surface area contributed by atoms with Gasteiger partial charge in [-0.2, -0.15) is 5.10 Å². The molecule has 3 rings (SSSR count). The van der Waals surface area contributed by atoms with Crippen molar-refractivity contribution in [1.82, 2.24) is 15.2 Å². The maximum Gasteiger partial charge on any atom is 0.337 e. The minimum atomic E-state index is -0.977. The highest BCUT2D eigenvalue weighted by molar-refractivity contribution is 5.87. The molecule has 0 aliphatic heterocycles. The number of aromatic carboxylic acids is 1. The van der Waals surface area contributed by atoms with Gasteiger partial charge >= 0.3 is 5.97 Å². The highest BCUT2D eigenvalue weighted by Crippen LogP contribution is 2.23.